The van der Waals surface area contributed by atoms with E-state index in [9.17, 15) is 32.3 Å². The molecular weight excluding hydrogens is 511 g/mol. The SMILES string of the molecule is O=C1C2C(c3ccc(Cl)cc3)OC3(C(=O)c4ccccc4C3=O)C2C(=O)N1c1ccc(C(F)(F)F)cc1. The van der Waals surface area contributed by atoms with E-state index in [1.807, 2.05) is 0 Å². The van der Waals surface area contributed by atoms with Crippen LogP contribution in [0.25, 0.3) is 0 Å². The van der Waals surface area contributed by atoms with Gasteiger partial charge in [-0.1, -0.05) is 48.0 Å². The summed E-state index contributed by atoms with van der Waals surface area (Å²) in [5.41, 5.74) is -2.74. The molecule has 6 nitrogen and oxygen atoms in total. The molecule has 2 saturated heterocycles. The van der Waals surface area contributed by atoms with Crippen LogP contribution in [-0.2, 0) is 20.5 Å². The third kappa shape index (κ3) is 3.17. The van der Waals surface area contributed by atoms with Crippen LogP contribution in [0.4, 0.5) is 18.9 Å². The van der Waals surface area contributed by atoms with Crippen molar-refractivity contribution in [2.24, 2.45) is 11.8 Å². The number of ketones is 2. The Morgan fingerprint density at radius 3 is 1.89 bits per heavy atom. The molecule has 0 N–H and O–H groups in total. The first-order valence-corrected chi connectivity index (χ1v) is 11.6. The van der Waals surface area contributed by atoms with Crippen molar-refractivity contribution in [3.05, 3.63) is 100 Å². The normalized spacial score (nSPS) is 24.2. The van der Waals surface area contributed by atoms with Gasteiger partial charge in [-0.2, -0.15) is 13.2 Å². The summed E-state index contributed by atoms with van der Waals surface area (Å²) in [7, 11) is 0. The maximum atomic E-state index is 13.8. The molecule has 2 amide bonds. The maximum absolute atomic E-state index is 13.8. The first-order valence-electron chi connectivity index (χ1n) is 11.2. The molecule has 2 heterocycles. The van der Waals surface area contributed by atoms with Gasteiger partial charge in [0.1, 0.15) is 0 Å². The van der Waals surface area contributed by atoms with Crippen molar-refractivity contribution >= 4 is 40.7 Å². The lowest BCUT2D eigenvalue weighted by Gasteiger charge is -2.27. The molecular formula is C27H15ClF3NO5. The molecule has 0 saturated carbocycles. The lowest BCUT2D eigenvalue weighted by molar-refractivity contribution is -0.137. The fraction of sp³-hybridized carbons (Fsp3) is 0.185. The van der Waals surface area contributed by atoms with Crippen molar-refractivity contribution in [3.8, 4) is 0 Å². The molecule has 3 aliphatic rings. The molecule has 3 aromatic rings. The minimum atomic E-state index is -4.61. The number of ether oxygens (including phenoxy) is 1. The van der Waals surface area contributed by atoms with Gasteiger partial charge in [-0.05, 0) is 42.0 Å². The van der Waals surface area contributed by atoms with Crippen molar-refractivity contribution in [2.45, 2.75) is 17.9 Å². The van der Waals surface area contributed by atoms with Crippen LogP contribution >= 0.6 is 11.6 Å². The van der Waals surface area contributed by atoms with Crippen molar-refractivity contribution in [1.29, 1.82) is 0 Å². The topological polar surface area (TPSA) is 80.8 Å². The molecule has 0 radical (unpaired) electrons. The number of anilines is 1. The number of alkyl halides is 3. The van der Waals surface area contributed by atoms with Crippen LogP contribution in [0.1, 0.15) is 37.9 Å². The Morgan fingerprint density at radius 1 is 0.784 bits per heavy atom. The summed E-state index contributed by atoms with van der Waals surface area (Å²) in [4.78, 5) is 55.6. The Hall–Kier alpha value is -3.82. The molecule has 1 spiro atoms. The molecule has 3 aromatic carbocycles. The van der Waals surface area contributed by atoms with E-state index in [0.717, 1.165) is 29.2 Å². The smallest absolute Gasteiger partial charge is 0.349 e. The molecule has 0 bridgehead atoms. The highest BCUT2D eigenvalue weighted by Crippen LogP contribution is 2.57. The van der Waals surface area contributed by atoms with Crippen LogP contribution in [0, 0.1) is 11.8 Å². The number of halogens is 4. The number of rotatable bonds is 2. The summed E-state index contributed by atoms with van der Waals surface area (Å²) in [5, 5.41) is 0.397. The summed E-state index contributed by atoms with van der Waals surface area (Å²) in [6.45, 7) is 0. The van der Waals surface area contributed by atoms with Crippen molar-refractivity contribution in [2.75, 3.05) is 4.90 Å². The number of benzene rings is 3. The molecule has 2 aliphatic heterocycles. The molecule has 2 fully saturated rings. The minimum Gasteiger partial charge on any atom is -0.349 e. The number of carbonyl (C=O) groups excluding carboxylic acids is 4. The third-order valence-corrected chi connectivity index (χ3v) is 7.42. The first-order chi connectivity index (χ1) is 17.6. The van der Waals surface area contributed by atoms with Gasteiger partial charge in [-0.25, -0.2) is 4.90 Å². The Balaban J connectivity index is 1.50. The Morgan fingerprint density at radius 2 is 1.35 bits per heavy atom. The van der Waals surface area contributed by atoms with Gasteiger partial charge in [0.25, 0.3) is 0 Å². The van der Waals surface area contributed by atoms with Crippen molar-refractivity contribution in [3.63, 3.8) is 0 Å². The van der Waals surface area contributed by atoms with E-state index in [-0.39, 0.29) is 16.8 Å². The summed E-state index contributed by atoms with van der Waals surface area (Å²) in [6.07, 6.45) is -5.76. The summed E-state index contributed by atoms with van der Waals surface area (Å²) < 4.78 is 45.4. The number of hydrogen-bond acceptors (Lipinski definition) is 5. The van der Waals surface area contributed by atoms with Gasteiger partial charge in [0.05, 0.1) is 29.2 Å². The van der Waals surface area contributed by atoms with E-state index in [4.69, 9.17) is 16.3 Å². The lowest BCUT2D eigenvalue weighted by atomic mass is 9.77. The predicted molar refractivity (Wildman–Crippen MR) is 124 cm³/mol. The van der Waals surface area contributed by atoms with Gasteiger partial charge in [0, 0.05) is 16.1 Å². The molecule has 186 valence electrons. The number of Topliss-reactive ketones (excluding diaryl/α,β-unsaturated/α-hetero) is 2. The average Bonchev–Trinajstić information content (AvgIpc) is 3.44. The van der Waals surface area contributed by atoms with E-state index in [0.29, 0.717) is 10.6 Å². The molecule has 0 aromatic heterocycles. The van der Waals surface area contributed by atoms with Crippen molar-refractivity contribution < 1.29 is 37.1 Å². The molecule has 3 unspecified atom stereocenters. The van der Waals surface area contributed by atoms with Crippen LogP contribution in [0.15, 0.2) is 72.8 Å². The van der Waals surface area contributed by atoms with Crippen LogP contribution < -0.4 is 4.90 Å². The van der Waals surface area contributed by atoms with Gasteiger partial charge in [-0.3, -0.25) is 19.2 Å². The zero-order valence-electron chi connectivity index (χ0n) is 18.7. The van der Waals surface area contributed by atoms with Gasteiger partial charge in [-0.15, -0.1) is 0 Å². The van der Waals surface area contributed by atoms with Crippen LogP contribution in [0.3, 0.4) is 0 Å². The Labute approximate surface area is 212 Å². The number of fused-ring (bicyclic) bond motifs is 3. The van der Waals surface area contributed by atoms with Crippen molar-refractivity contribution in [1.82, 2.24) is 0 Å². The predicted octanol–water partition coefficient (Wildman–Crippen LogP) is 5.05. The number of amides is 2. The number of hydrogen-bond donors (Lipinski definition) is 0. The quantitative estimate of drug-likeness (QED) is 0.345. The Bertz CT molecular complexity index is 1460. The lowest BCUT2D eigenvalue weighted by Crippen LogP contribution is -2.51. The number of nitrogens with zero attached hydrogens (tertiary/aromatic N) is 1. The highest BCUT2D eigenvalue weighted by atomic mass is 35.5. The van der Waals surface area contributed by atoms with E-state index >= 15 is 0 Å². The second-order valence-electron chi connectivity index (χ2n) is 9.09. The van der Waals surface area contributed by atoms with Crippen LogP contribution in [0.5, 0.6) is 0 Å². The van der Waals surface area contributed by atoms with Gasteiger partial charge >= 0.3 is 6.18 Å². The zero-order chi connectivity index (χ0) is 26.3. The van der Waals surface area contributed by atoms with Crippen LogP contribution in [-0.4, -0.2) is 29.0 Å². The average molecular weight is 526 g/mol. The summed E-state index contributed by atoms with van der Waals surface area (Å²) in [5.74, 6) is -5.89. The standard InChI is InChI=1S/C27H15ClF3NO5/c28-15-9-5-13(6-10-15)21-19-20(26(37-21)22(33)17-3-1-2-4-18(17)23(26)34)25(36)32(24(19)35)16-11-7-14(8-12-16)27(29,30)31/h1-12,19-21H. The van der Waals surface area contributed by atoms with Crippen LogP contribution in [0.2, 0.25) is 5.02 Å². The number of carbonyl (C=O) groups is 4. The summed E-state index contributed by atoms with van der Waals surface area (Å²) in [6, 6.07) is 15.8. The monoisotopic (exact) mass is 525 g/mol. The summed E-state index contributed by atoms with van der Waals surface area (Å²) >= 11 is 6.00. The highest BCUT2D eigenvalue weighted by molar-refractivity contribution is 6.37. The largest absolute Gasteiger partial charge is 0.416 e. The molecule has 1 aliphatic carbocycles. The maximum Gasteiger partial charge on any atom is 0.416 e. The molecule has 10 heteroatoms. The highest BCUT2D eigenvalue weighted by Gasteiger charge is 2.74. The molecule has 3 atom stereocenters. The van der Waals surface area contributed by atoms with E-state index < -0.39 is 58.7 Å². The zero-order valence-corrected chi connectivity index (χ0v) is 19.4. The Kier molecular flexibility index (Phi) is 4.99. The van der Waals surface area contributed by atoms with E-state index in [2.05, 4.69) is 0 Å². The fourth-order valence-corrected chi connectivity index (χ4v) is 5.65. The van der Waals surface area contributed by atoms with Gasteiger partial charge in [0.2, 0.25) is 29.0 Å². The fourth-order valence-electron chi connectivity index (χ4n) is 5.52. The minimum absolute atomic E-state index is 0.0798. The third-order valence-electron chi connectivity index (χ3n) is 7.17. The number of imide groups is 1. The van der Waals surface area contributed by atoms with Gasteiger partial charge < -0.3 is 4.74 Å². The van der Waals surface area contributed by atoms with E-state index in [1.165, 1.54) is 12.1 Å². The first kappa shape index (κ1) is 23.6. The second kappa shape index (κ2) is 7.84. The van der Waals surface area contributed by atoms with Gasteiger partial charge in [0.15, 0.2) is 0 Å². The molecule has 37 heavy (non-hydrogen) atoms. The second-order valence-corrected chi connectivity index (χ2v) is 9.53. The van der Waals surface area contributed by atoms with E-state index in [1.54, 1.807) is 36.4 Å². The molecule has 6 rings (SSSR count).